The smallest absolute Gasteiger partial charge is 0.334 e. The lowest BCUT2D eigenvalue weighted by Gasteiger charge is -2.58. The maximum atomic E-state index is 13.4. The van der Waals surface area contributed by atoms with Gasteiger partial charge in [0.1, 0.15) is 24.4 Å². The normalized spacial score (nSPS) is 45.3. The van der Waals surface area contributed by atoms with Crippen molar-refractivity contribution >= 4 is 24.0 Å². The van der Waals surface area contributed by atoms with E-state index in [-0.39, 0.29) is 41.0 Å². The van der Waals surface area contributed by atoms with Gasteiger partial charge in [-0.1, -0.05) is 13.8 Å². The number of carbonyl (C=O) groups is 3. The van der Waals surface area contributed by atoms with Crippen molar-refractivity contribution < 1.29 is 33.4 Å². The molecule has 0 aromatic rings. The van der Waals surface area contributed by atoms with Gasteiger partial charge in [0.05, 0.1) is 12.7 Å². The number of rotatable bonds is 2. The maximum Gasteiger partial charge on any atom is 0.334 e. The molecule has 0 N–H and O–H groups in total. The Hall–Kier alpha value is -2.08. The zero-order valence-electron chi connectivity index (χ0n) is 17.0. The summed E-state index contributed by atoms with van der Waals surface area (Å²) in [6.07, 6.45) is 2.79. The van der Waals surface area contributed by atoms with E-state index < -0.39 is 11.2 Å². The highest BCUT2D eigenvalue weighted by atomic mass is 16.7. The van der Waals surface area contributed by atoms with Gasteiger partial charge in [-0.3, -0.25) is 4.79 Å². The maximum absolute atomic E-state index is 13.4. The summed E-state index contributed by atoms with van der Waals surface area (Å²) in [5.41, 5.74) is -0.149. The van der Waals surface area contributed by atoms with Crippen molar-refractivity contribution in [3.05, 3.63) is 17.7 Å². The van der Waals surface area contributed by atoms with Crippen LogP contribution in [0.4, 0.5) is 0 Å². The molecular weight excluding hydrogens is 376 g/mol. The fraction of sp³-hybridized carbons (Fsp3) is 0.682. The molecule has 3 heterocycles. The van der Waals surface area contributed by atoms with E-state index in [9.17, 15) is 14.4 Å². The molecule has 2 aliphatic carbocycles. The number of fused-ring (bicyclic) bond motifs is 2. The molecule has 3 fully saturated rings. The summed E-state index contributed by atoms with van der Waals surface area (Å²) in [6, 6.07) is 0. The van der Waals surface area contributed by atoms with E-state index in [1.807, 2.05) is 6.92 Å². The fourth-order valence-corrected chi connectivity index (χ4v) is 6.42. The molecule has 29 heavy (non-hydrogen) atoms. The topological polar surface area (TPSA) is 99.3 Å². The van der Waals surface area contributed by atoms with Crippen LogP contribution in [0.3, 0.4) is 0 Å². The first-order valence-electron chi connectivity index (χ1n) is 10.1. The van der Waals surface area contributed by atoms with Gasteiger partial charge in [0.15, 0.2) is 11.4 Å². The van der Waals surface area contributed by atoms with Crippen LogP contribution in [-0.4, -0.2) is 54.5 Å². The summed E-state index contributed by atoms with van der Waals surface area (Å²) < 4.78 is 17.8. The van der Waals surface area contributed by atoms with Crippen molar-refractivity contribution in [2.45, 2.75) is 57.3 Å². The zero-order chi connectivity index (χ0) is 21.2. The van der Waals surface area contributed by atoms with Gasteiger partial charge < -0.3 is 19.0 Å². The lowest BCUT2D eigenvalue weighted by atomic mass is 9.49. The van der Waals surface area contributed by atoms with Crippen LogP contribution >= 0.6 is 0 Å². The minimum Gasteiger partial charge on any atom is -0.458 e. The van der Waals surface area contributed by atoms with Gasteiger partial charge in [0.25, 0.3) is 0 Å². The van der Waals surface area contributed by atoms with Gasteiger partial charge in [-0.15, -0.1) is 0 Å². The van der Waals surface area contributed by atoms with Crippen LogP contribution in [0.15, 0.2) is 17.7 Å². The molecule has 0 aromatic carbocycles. The highest BCUT2D eigenvalue weighted by Crippen LogP contribution is 2.71. The Morgan fingerprint density at radius 2 is 2.00 bits per heavy atom. The minimum atomic E-state index is -1.04. The highest BCUT2D eigenvalue weighted by Gasteiger charge is 2.84. The molecule has 5 aliphatic rings. The summed E-state index contributed by atoms with van der Waals surface area (Å²) in [4.78, 5) is 45.2. The van der Waals surface area contributed by atoms with E-state index in [2.05, 4.69) is 13.5 Å². The van der Waals surface area contributed by atoms with Crippen molar-refractivity contribution in [1.82, 2.24) is 0 Å². The molecule has 7 nitrogen and oxygen atoms in total. The van der Waals surface area contributed by atoms with Crippen molar-refractivity contribution in [1.29, 1.82) is 0 Å². The van der Waals surface area contributed by atoms with Crippen molar-refractivity contribution in [2.24, 2.45) is 23.2 Å². The molecule has 1 spiro atoms. The molecule has 2 saturated heterocycles. The third-order valence-electron chi connectivity index (χ3n) is 8.02. The summed E-state index contributed by atoms with van der Waals surface area (Å²) in [5.74, 6) is 0.374. The zero-order valence-corrected chi connectivity index (χ0v) is 17.0. The molecule has 156 valence electrons. The van der Waals surface area contributed by atoms with Gasteiger partial charge in [-0.05, 0) is 38.3 Å². The minimum absolute atomic E-state index is 0.0101. The van der Waals surface area contributed by atoms with Gasteiger partial charge in [0.2, 0.25) is 0 Å². The molecule has 5 rings (SSSR count). The number of esters is 1. The number of aldehydes is 1. The van der Waals surface area contributed by atoms with E-state index in [1.165, 1.54) is 5.94 Å². The second-order valence-electron chi connectivity index (χ2n) is 9.08. The van der Waals surface area contributed by atoms with Gasteiger partial charge in [-0.25, -0.2) is 9.59 Å². The Bertz CT molecular complexity index is 853. The Morgan fingerprint density at radius 3 is 2.66 bits per heavy atom. The number of epoxide rings is 1. The Labute approximate surface area is 169 Å². The second kappa shape index (κ2) is 6.46. The lowest BCUT2D eigenvalue weighted by Crippen LogP contribution is -2.71. The van der Waals surface area contributed by atoms with Gasteiger partial charge in [0, 0.05) is 28.7 Å². The van der Waals surface area contributed by atoms with Crippen molar-refractivity contribution in [3.63, 3.8) is 0 Å². The molecular formula is C22H26O7. The van der Waals surface area contributed by atoms with Crippen LogP contribution in [0.2, 0.25) is 0 Å². The largest absolute Gasteiger partial charge is 0.458 e. The lowest BCUT2D eigenvalue weighted by molar-refractivity contribution is -0.209. The average Bonchev–Trinajstić information content (AvgIpc) is 3.34. The number of ether oxygens (including phenoxy) is 3. The molecule has 3 aliphatic heterocycles. The highest BCUT2D eigenvalue weighted by molar-refractivity contribution is 5.95. The van der Waals surface area contributed by atoms with Crippen LogP contribution in [0.25, 0.3) is 0 Å². The molecule has 0 bridgehead atoms. The van der Waals surface area contributed by atoms with Crippen LogP contribution in [0, 0.1) is 23.2 Å². The first-order chi connectivity index (χ1) is 13.7. The standard InChI is InChI=1S/C20H24O6.C2H2O/c1-10(7-21)12-6-15-20(26-15)18(2)5-4-11-13(8-24-17(11)23)14(18)9-25-19(20,3)16(12)22;1-2-3/h7,10,12,14-15H,4-6,8-9H2,1-3H3;1H2/t10?,12?,14?,15-,18-,19+,20+;/m0./s1. The van der Waals surface area contributed by atoms with Crippen LogP contribution < -0.4 is 0 Å². The predicted octanol–water partition coefficient (Wildman–Crippen LogP) is 1.61. The predicted molar refractivity (Wildman–Crippen MR) is 100 cm³/mol. The molecule has 7 atom stereocenters. The van der Waals surface area contributed by atoms with Gasteiger partial charge in [-0.2, -0.15) is 0 Å². The molecule has 1 saturated carbocycles. The van der Waals surface area contributed by atoms with Crippen LogP contribution in [-0.2, 0) is 33.4 Å². The van der Waals surface area contributed by atoms with E-state index >= 15 is 0 Å². The number of ketones is 1. The summed E-state index contributed by atoms with van der Waals surface area (Å²) in [7, 11) is 0. The SMILES string of the molecule is C=C=O.CC(C=O)C1C[C@@H]2O[C@@]23[C@@]2(C)CCC4=C(COC4=O)C2CO[C@]3(C)C1=O. The van der Waals surface area contributed by atoms with Gasteiger partial charge >= 0.3 is 5.97 Å². The third-order valence-corrected chi connectivity index (χ3v) is 8.02. The van der Waals surface area contributed by atoms with E-state index in [1.54, 1.807) is 6.92 Å². The monoisotopic (exact) mass is 402 g/mol. The molecule has 0 radical (unpaired) electrons. The van der Waals surface area contributed by atoms with Crippen LogP contribution in [0.5, 0.6) is 0 Å². The Morgan fingerprint density at radius 1 is 1.31 bits per heavy atom. The number of hydrogen-bond acceptors (Lipinski definition) is 7. The average molecular weight is 402 g/mol. The fourth-order valence-electron chi connectivity index (χ4n) is 6.42. The first kappa shape index (κ1) is 20.2. The molecule has 0 aromatic heterocycles. The third kappa shape index (κ3) is 2.32. The number of Topliss-reactive ketones (excluding diaryl/α,β-unsaturated/α-hetero) is 1. The summed E-state index contributed by atoms with van der Waals surface area (Å²) >= 11 is 0. The van der Waals surface area contributed by atoms with Crippen LogP contribution in [0.1, 0.15) is 40.0 Å². The Kier molecular flexibility index (Phi) is 4.50. The van der Waals surface area contributed by atoms with Crippen molar-refractivity contribution in [3.8, 4) is 0 Å². The Balaban J connectivity index is 0.000000645. The quantitative estimate of drug-likeness (QED) is 0.299. The summed E-state index contributed by atoms with van der Waals surface area (Å²) in [5, 5.41) is 0. The van der Waals surface area contributed by atoms with E-state index in [4.69, 9.17) is 19.0 Å². The number of carbonyl (C=O) groups excluding carboxylic acids is 4. The molecule has 3 unspecified atom stereocenters. The summed E-state index contributed by atoms with van der Waals surface area (Å²) in [6.45, 7) is 9.21. The van der Waals surface area contributed by atoms with Crippen molar-refractivity contribution in [2.75, 3.05) is 13.2 Å². The molecule has 7 heteroatoms. The van der Waals surface area contributed by atoms with E-state index in [0.29, 0.717) is 26.1 Å². The first-order valence-corrected chi connectivity index (χ1v) is 10.1. The van der Waals surface area contributed by atoms with E-state index in [0.717, 1.165) is 23.9 Å². The molecule has 0 amide bonds. The number of cyclic esters (lactones) is 1. The second-order valence-corrected chi connectivity index (χ2v) is 9.08. The number of hydrogen-bond donors (Lipinski definition) is 0.